The fourth-order valence-electron chi connectivity index (χ4n) is 2.74. The molecule has 0 N–H and O–H groups in total. The minimum atomic E-state index is -0.239. The van der Waals surface area contributed by atoms with Gasteiger partial charge in [-0.1, -0.05) is 12.1 Å². The zero-order valence-electron chi connectivity index (χ0n) is 11.6. The van der Waals surface area contributed by atoms with E-state index < -0.39 is 0 Å². The second-order valence-electron chi connectivity index (χ2n) is 5.12. The van der Waals surface area contributed by atoms with Crippen molar-refractivity contribution in [3.05, 3.63) is 41.5 Å². The Labute approximate surface area is 116 Å². The average molecular weight is 269 g/mol. The predicted molar refractivity (Wildman–Crippen MR) is 76.1 cm³/mol. The van der Waals surface area contributed by atoms with Gasteiger partial charge in [0.15, 0.2) is 0 Å². The van der Waals surface area contributed by atoms with Crippen LogP contribution in [0.3, 0.4) is 0 Å². The quantitative estimate of drug-likeness (QED) is 0.787. The fourth-order valence-corrected chi connectivity index (χ4v) is 2.74. The highest BCUT2D eigenvalue weighted by Crippen LogP contribution is 2.35. The fraction of sp³-hybridized carbons (Fsp3) is 0.250. The maximum Gasteiger partial charge on any atom is 0.261 e. The van der Waals surface area contributed by atoms with Crippen LogP contribution in [-0.2, 0) is 0 Å². The third-order valence-corrected chi connectivity index (χ3v) is 3.64. The number of ether oxygens (including phenoxy) is 1. The minimum Gasteiger partial charge on any atom is -0.496 e. The molecule has 4 nitrogen and oxygen atoms in total. The lowest BCUT2D eigenvalue weighted by atomic mass is 9.93. The molecule has 1 aliphatic rings. The van der Waals surface area contributed by atoms with E-state index in [9.17, 15) is 9.59 Å². The van der Waals surface area contributed by atoms with Gasteiger partial charge in [0, 0.05) is 27.9 Å². The summed E-state index contributed by atoms with van der Waals surface area (Å²) in [5.74, 6) is 0.192. The number of carbonyl (C=O) groups excluding carboxylic acids is 2. The van der Waals surface area contributed by atoms with Gasteiger partial charge in [-0.2, -0.15) is 0 Å². The normalized spacial score (nSPS) is 14.3. The van der Waals surface area contributed by atoms with Gasteiger partial charge >= 0.3 is 0 Å². The average Bonchev–Trinajstić information content (AvgIpc) is 2.43. The second kappa shape index (κ2) is 4.34. The van der Waals surface area contributed by atoms with Crippen LogP contribution in [0.5, 0.6) is 5.75 Å². The molecule has 0 aromatic heterocycles. The zero-order chi connectivity index (χ0) is 14.4. The first kappa shape index (κ1) is 12.7. The molecule has 4 heteroatoms. The monoisotopic (exact) mass is 269 g/mol. The second-order valence-corrected chi connectivity index (χ2v) is 5.12. The van der Waals surface area contributed by atoms with Gasteiger partial charge in [-0.15, -0.1) is 0 Å². The molecule has 1 aliphatic heterocycles. The van der Waals surface area contributed by atoms with E-state index in [1.165, 1.54) is 4.90 Å². The lowest BCUT2D eigenvalue weighted by Gasteiger charge is -2.30. The highest BCUT2D eigenvalue weighted by Gasteiger charge is 2.34. The van der Waals surface area contributed by atoms with Crippen LogP contribution in [0.4, 0.5) is 0 Å². The number of carbonyl (C=O) groups is 2. The van der Waals surface area contributed by atoms with Crippen molar-refractivity contribution >= 4 is 22.6 Å². The molecular weight excluding hydrogens is 254 g/mol. The van der Waals surface area contributed by atoms with Gasteiger partial charge in [0.05, 0.1) is 7.11 Å². The Morgan fingerprint density at radius 3 is 2.25 bits per heavy atom. The molecule has 0 radical (unpaired) electrons. The third-order valence-electron chi connectivity index (χ3n) is 3.64. The molecule has 3 rings (SSSR count). The number of benzene rings is 2. The Balaban J connectivity index is 2.39. The molecule has 2 aromatic rings. The number of nitrogens with zero attached hydrogens (tertiary/aromatic N) is 1. The SMILES string of the molecule is COc1ccc2c3c(cccc13)C(=O)N(C(C)C)C2=O. The number of rotatable bonds is 2. The summed E-state index contributed by atoms with van der Waals surface area (Å²) in [5.41, 5.74) is 1.12. The molecule has 0 bridgehead atoms. The molecule has 0 atom stereocenters. The Bertz CT molecular complexity index is 712. The van der Waals surface area contributed by atoms with Crippen molar-refractivity contribution in [3.8, 4) is 5.75 Å². The lowest BCUT2D eigenvalue weighted by molar-refractivity contribution is 0.0564. The minimum absolute atomic E-state index is 0.166. The summed E-state index contributed by atoms with van der Waals surface area (Å²) < 4.78 is 5.31. The maximum absolute atomic E-state index is 12.5. The molecule has 0 aliphatic carbocycles. The van der Waals surface area contributed by atoms with E-state index in [1.54, 1.807) is 25.3 Å². The van der Waals surface area contributed by atoms with Crippen LogP contribution in [-0.4, -0.2) is 29.9 Å². The lowest BCUT2D eigenvalue weighted by Crippen LogP contribution is -2.44. The molecule has 2 aromatic carbocycles. The van der Waals surface area contributed by atoms with Gasteiger partial charge in [0.2, 0.25) is 0 Å². The smallest absolute Gasteiger partial charge is 0.261 e. The van der Waals surface area contributed by atoms with Gasteiger partial charge in [-0.3, -0.25) is 14.5 Å². The highest BCUT2D eigenvalue weighted by molar-refractivity contribution is 6.26. The Hall–Kier alpha value is -2.36. The largest absolute Gasteiger partial charge is 0.496 e. The third kappa shape index (κ3) is 1.54. The van der Waals surface area contributed by atoms with Gasteiger partial charge < -0.3 is 4.74 Å². The van der Waals surface area contributed by atoms with Gasteiger partial charge in [0.25, 0.3) is 11.8 Å². The van der Waals surface area contributed by atoms with Crippen molar-refractivity contribution in [2.24, 2.45) is 0 Å². The molecule has 0 unspecified atom stereocenters. The van der Waals surface area contributed by atoms with E-state index in [0.29, 0.717) is 22.3 Å². The van der Waals surface area contributed by atoms with Crippen molar-refractivity contribution in [2.45, 2.75) is 19.9 Å². The summed E-state index contributed by atoms with van der Waals surface area (Å²) in [6.07, 6.45) is 0. The number of imide groups is 1. The van der Waals surface area contributed by atoms with Crippen LogP contribution in [0.2, 0.25) is 0 Å². The Morgan fingerprint density at radius 1 is 1.00 bits per heavy atom. The van der Waals surface area contributed by atoms with Crippen LogP contribution >= 0.6 is 0 Å². The summed E-state index contributed by atoms with van der Waals surface area (Å²) in [6.45, 7) is 3.68. The molecule has 102 valence electrons. The van der Waals surface area contributed by atoms with Crippen molar-refractivity contribution in [1.82, 2.24) is 4.90 Å². The predicted octanol–water partition coefficient (Wildman–Crippen LogP) is 2.85. The molecule has 1 heterocycles. The van der Waals surface area contributed by atoms with Crippen LogP contribution < -0.4 is 4.74 Å². The number of amides is 2. The summed E-state index contributed by atoms with van der Waals surface area (Å²) >= 11 is 0. The van der Waals surface area contributed by atoms with Gasteiger partial charge in [-0.25, -0.2) is 0 Å². The zero-order valence-corrected chi connectivity index (χ0v) is 11.6. The Kier molecular flexibility index (Phi) is 2.74. The molecule has 20 heavy (non-hydrogen) atoms. The molecular formula is C16H15NO3. The molecule has 0 fully saturated rings. The summed E-state index contributed by atoms with van der Waals surface area (Å²) in [4.78, 5) is 26.3. The molecule has 2 amide bonds. The van der Waals surface area contributed by atoms with E-state index in [1.807, 2.05) is 26.0 Å². The first-order valence-corrected chi connectivity index (χ1v) is 6.54. The van der Waals surface area contributed by atoms with E-state index in [4.69, 9.17) is 4.74 Å². The highest BCUT2D eigenvalue weighted by atomic mass is 16.5. The maximum atomic E-state index is 12.5. The van der Waals surface area contributed by atoms with Crippen molar-refractivity contribution in [1.29, 1.82) is 0 Å². The molecule has 0 spiro atoms. The summed E-state index contributed by atoms with van der Waals surface area (Å²) in [6, 6.07) is 8.78. The van der Waals surface area contributed by atoms with Crippen LogP contribution in [0, 0.1) is 0 Å². The number of hydrogen-bond acceptors (Lipinski definition) is 3. The van der Waals surface area contributed by atoms with Crippen LogP contribution in [0.1, 0.15) is 34.6 Å². The molecule has 0 saturated carbocycles. The van der Waals surface area contributed by atoms with Gasteiger partial charge in [0.1, 0.15) is 5.75 Å². The van der Waals surface area contributed by atoms with Crippen LogP contribution in [0.25, 0.3) is 10.8 Å². The van der Waals surface area contributed by atoms with Crippen LogP contribution in [0.15, 0.2) is 30.3 Å². The van der Waals surface area contributed by atoms with Crippen molar-refractivity contribution < 1.29 is 14.3 Å². The summed E-state index contributed by atoms with van der Waals surface area (Å²) in [5, 5.41) is 1.49. The standard InChI is InChI=1S/C16H15NO3/c1-9(2)17-15(18)11-6-4-5-10-13(20-3)8-7-12(14(10)11)16(17)19/h4-9H,1-3H3. The van der Waals surface area contributed by atoms with E-state index in [2.05, 4.69) is 0 Å². The van der Waals surface area contributed by atoms with Gasteiger partial charge in [-0.05, 0) is 32.0 Å². The van der Waals surface area contributed by atoms with E-state index in [0.717, 1.165) is 5.39 Å². The number of methoxy groups -OCH3 is 1. The van der Waals surface area contributed by atoms with E-state index >= 15 is 0 Å². The summed E-state index contributed by atoms with van der Waals surface area (Å²) in [7, 11) is 1.58. The van der Waals surface area contributed by atoms with Crippen molar-refractivity contribution in [3.63, 3.8) is 0 Å². The number of hydrogen-bond donors (Lipinski definition) is 0. The first-order valence-electron chi connectivity index (χ1n) is 6.54. The molecule has 0 saturated heterocycles. The topological polar surface area (TPSA) is 46.6 Å². The first-order chi connectivity index (χ1) is 9.56. The van der Waals surface area contributed by atoms with E-state index in [-0.39, 0.29) is 17.9 Å². The van der Waals surface area contributed by atoms with Crippen molar-refractivity contribution in [2.75, 3.05) is 7.11 Å². The Morgan fingerprint density at radius 2 is 1.65 bits per heavy atom.